The largest absolute Gasteiger partial charge is 0.492 e. The highest BCUT2D eigenvalue weighted by Crippen LogP contribution is 2.49. The summed E-state index contributed by atoms with van der Waals surface area (Å²) in [6.07, 6.45) is 2.03. The van der Waals surface area contributed by atoms with Crippen molar-refractivity contribution in [2.45, 2.75) is 19.3 Å². The number of ether oxygens (including phenoxy) is 1. The van der Waals surface area contributed by atoms with Crippen molar-refractivity contribution in [2.24, 2.45) is 5.41 Å². The Morgan fingerprint density at radius 2 is 2.25 bits per heavy atom. The summed E-state index contributed by atoms with van der Waals surface area (Å²) in [5, 5.41) is 28.7. The fourth-order valence-electron chi connectivity index (χ4n) is 1.95. The van der Waals surface area contributed by atoms with Crippen molar-refractivity contribution in [2.75, 3.05) is 6.61 Å². The van der Waals surface area contributed by atoms with Gasteiger partial charge in [0.1, 0.15) is 5.75 Å². The number of nitro benzene ring substituents is 1. The van der Waals surface area contributed by atoms with Crippen LogP contribution in [0.5, 0.6) is 5.75 Å². The third kappa shape index (κ3) is 2.69. The number of hydrogen-bond donors (Lipinski definition) is 1. The van der Waals surface area contributed by atoms with Crippen molar-refractivity contribution in [3.8, 4) is 11.8 Å². The average Bonchev–Trinajstić information content (AvgIpc) is 3.16. The van der Waals surface area contributed by atoms with E-state index >= 15 is 0 Å². The van der Waals surface area contributed by atoms with Gasteiger partial charge in [0.2, 0.25) is 0 Å². The maximum absolute atomic E-state index is 11.2. The monoisotopic (exact) mass is 276 g/mol. The molecule has 1 aliphatic rings. The highest BCUT2D eigenvalue weighted by Gasteiger charge is 2.43. The quantitative estimate of drug-likeness (QED) is 0.630. The minimum atomic E-state index is -1.41. The molecule has 7 heteroatoms. The summed E-state index contributed by atoms with van der Waals surface area (Å²) in [7, 11) is 0. The first kappa shape index (κ1) is 13.8. The third-order valence-corrected chi connectivity index (χ3v) is 3.36. The van der Waals surface area contributed by atoms with Crippen LogP contribution >= 0.6 is 0 Å². The Morgan fingerprint density at radius 3 is 2.75 bits per heavy atom. The van der Waals surface area contributed by atoms with Crippen molar-refractivity contribution in [1.82, 2.24) is 0 Å². The summed E-state index contributed by atoms with van der Waals surface area (Å²) in [5.41, 5.74) is -1.18. The van der Waals surface area contributed by atoms with Crippen LogP contribution in [-0.2, 0) is 0 Å². The van der Waals surface area contributed by atoms with Crippen LogP contribution < -0.4 is 4.74 Å². The zero-order valence-corrected chi connectivity index (χ0v) is 10.5. The fourth-order valence-corrected chi connectivity index (χ4v) is 1.95. The molecule has 0 atom stereocenters. The van der Waals surface area contributed by atoms with Crippen molar-refractivity contribution >= 4 is 11.7 Å². The highest BCUT2D eigenvalue weighted by molar-refractivity contribution is 5.95. The molecule has 0 radical (unpaired) electrons. The topological polar surface area (TPSA) is 113 Å². The summed E-state index contributed by atoms with van der Waals surface area (Å²) < 4.78 is 5.43. The van der Waals surface area contributed by atoms with E-state index in [1.165, 1.54) is 12.1 Å². The third-order valence-electron chi connectivity index (χ3n) is 3.36. The molecule has 20 heavy (non-hydrogen) atoms. The van der Waals surface area contributed by atoms with Crippen molar-refractivity contribution in [3.05, 3.63) is 33.9 Å². The molecule has 1 saturated carbocycles. The van der Waals surface area contributed by atoms with Crippen molar-refractivity contribution < 1.29 is 19.6 Å². The van der Waals surface area contributed by atoms with Gasteiger partial charge in [-0.1, -0.05) is 6.07 Å². The molecule has 1 N–H and O–H groups in total. The summed E-state index contributed by atoms with van der Waals surface area (Å²) in [4.78, 5) is 21.3. The SMILES string of the molecule is N#CCC1(COc2cccc([N+](=O)[O-])c2C(=O)O)CC1. The van der Waals surface area contributed by atoms with E-state index in [0.29, 0.717) is 6.42 Å². The number of carboxylic acids is 1. The van der Waals surface area contributed by atoms with Gasteiger partial charge in [-0.15, -0.1) is 0 Å². The van der Waals surface area contributed by atoms with E-state index in [0.717, 1.165) is 18.9 Å². The second kappa shape index (κ2) is 5.17. The molecule has 0 aromatic heterocycles. The number of nitro groups is 1. The minimum absolute atomic E-state index is 0.0316. The molecular weight excluding hydrogens is 264 g/mol. The number of nitrogens with zero attached hydrogens (tertiary/aromatic N) is 2. The van der Waals surface area contributed by atoms with Crippen LogP contribution in [0.15, 0.2) is 18.2 Å². The van der Waals surface area contributed by atoms with Gasteiger partial charge in [-0.05, 0) is 18.9 Å². The Labute approximate surface area is 114 Å². The standard InChI is InChI=1S/C13H12N2O5/c14-7-6-13(4-5-13)8-20-10-3-1-2-9(15(18)19)11(10)12(16)17/h1-3H,4-6,8H2,(H,16,17). The van der Waals surface area contributed by atoms with Crippen LogP contribution in [0.1, 0.15) is 29.6 Å². The second-order valence-electron chi connectivity index (χ2n) is 4.84. The molecule has 0 aliphatic heterocycles. The number of benzene rings is 1. The van der Waals surface area contributed by atoms with Crippen molar-refractivity contribution in [1.29, 1.82) is 5.26 Å². The zero-order valence-electron chi connectivity index (χ0n) is 10.5. The van der Waals surface area contributed by atoms with Gasteiger partial charge in [-0.25, -0.2) is 4.79 Å². The normalized spacial score (nSPS) is 15.2. The summed E-state index contributed by atoms with van der Waals surface area (Å²) in [5.74, 6) is -1.44. The van der Waals surface area contributed by atoms with Crippen LogP contribution in [0.2, 0.25) is 0 Å². The van der Waals surface area contributed by atoms with Crippen LogP contribution in [0.3, 0.4) is 0 Å². The molecule has 0 bridgehead atoms. The molecule has 1 fully saturated rings. The molecular formula is C13H12N2O5. The first-order chi connectivity index (χ1) is 9.49. The maximum Gasteiger partial charge on any atom is 0.346 e. The number of carbonyl (C=O) groups is 1. The Kier molecular flexibility index (Phi) is 3.57. The molecule has 1 aromatic rings. The van der Waals surface area contributed by atoms with Crippen molar-refractivity contribution in [3.63, 3.8) is 0 Å². The van der Waals surface area contributed by atoms with E-state index in [1.54, 1.807) is 0 Å². The first-order valence-electron chi connectivity index (χ1n) is 5.99. The maximum atomic E-state index is 11.2. The van der Waals surface area contributed by atoms with Gasteiger partial charge in [0.25, 0.3) is 5.69 Å². The van der Waals surface area contributed by atoms with Gasteiger partial charge in [-0.3, -0.25) is 10.1 Å². The Hall–Kier alpha value is -2.62. The van der Waals surface area contributed by atoms with Gasteiger partial charge in [0.15, 0.2) is 5.56 Å². The van der Waals surface area contributed by atoms with Gasteiger partial charge < -0.3 is 9.84 Å². The van der Waals surface area contributed by atoms with Crippen LogP contribution in [0.25, 0.3) is 0 Å². The number of nitriles is 1. The highest BCUT2D eigenvalue weighted by atomic mass is 16.6. The lowest BCUT2D eigenvalue weighted by Crippen LogP contribution is -2.15. The summed E-state index contributed by atoms with van der Waals surface area (Å²) >= 11 is 0. The Morgan fingerprint density at radius 1 is 1.55 bits per heavy atom. The van der Waals surface area contributed by atoms with Gasteiger partial charge in [0, 0.05) is 17.9 Å². The first-order valence-corrected chi connectivity index (χ1v) is 5.99. The smallest absolute Gasteiger partial charge is 0.346 e. The van der Waals surface area contributed by atoms with Gasteiger partial charge in [-0.2, -0.15) is 5.26 Å². The fraction of sp³-hybridized carbons (Fsp3) is 0.385. The lowest BCUT2D eigenvalue weighted by atomic mass is 10.1. The molecule has 2 rings (SSSR count). The predicted octanol–water partition coefficient (Wildman–Crippen LogP) is 2.37. The molecule has 0 spiro atoms. The van der Waals surface area contributed by atoms with E-state index < -0.39 is 22.1 Å². The predicted molar refractivity (Wildman–Crippen MR) is 67.4 cm³/mol. The Bertz CT molecular complexity index is 601. The van der Waals surface area contributed by atoms with Gasteiger partial charge >= 0.3 is 5.97 Å². The lowest BCUT2D eigenvalue weighted by Gasteiger charge is -2.14. The molecule has 1 aromatic carbocycles. The second-order valence-corrected chi connectivity index (χ2v) is 4.84. The summed E-state index contributed by atoms with van der Waals surface area (Å²) in [6.45, 7) is 0.196. The lowest BCUT2D eigenvalue weighted by molar-refractivity contribution is -0.385. The number of aromatic carboxylic acids is 1. The van der Waals surface area contributed by atoms with E-state index in [2.05, 4.69) is 6.07 Å². The molecule has 0 amide bonds. The van der Waals surface area contributed by atoms with Crippen LogP contribution in [0.4, 0.5) is 5.69 Å². The van der Waals surface area contributed by atoms with E-state index in [-0.39, 0.29) is 17.8 Å². The molecule has 0 heterocycles. The van der Waals surface area contributed by atoms with Gasteiger partial charge in [0.05, 0.1) is 17.6 Å². The number of hydrogen-bond acceptors (Lipinski definition) is 5. The summed E-state index contributed by atoms with van der Waals surface area (Å²) in [6, 6.07) is 5.96. The average molecular weight is 276 g/mol. The molecule has 104 valence electrons. The van der Waals surface area contributed by atoms with E-state index in [4.69, 9.17) is 15.1 Å². The minimum Gasteiger partial charge on any atom is -0.492 e. The molecule has 0 saturated heterocycles. The zero-order chi connectivity index (χ0) is 14.8. The van der Waals surface area contributed by atoms with E-state index in [1.807, 2.05) is 0 Å². The van der Waals surface area contributed by atoms with Crippen LogP contribution in [-0.4, -0.2) is 22.6 Å². The number of carboxylic acid groups (broad SMARTS) is 1. The molecule has 7 nitrogen and oxygen atoms in total. The van der Waals surface area contributed by atoms with Crippen LogP contribution in [0, 0.1) is 26.9 Å². The Balaban J connectivity index is 2.24. The molecule has 1 aliphatic carbocycles. The van der Waals surface area contributed by atoms with E-state index in [9.17, 15) is 14.9 Å². The number of rotatable bonds is 6. The molecule has 0 unspecified atom stereocenters.